The number of alkyl carbamates (subject to hydrolysis) is 1. The summed E-state index contributed by atoms with van der Waals surface area (Å²) in [6.45, 7) is 6.48. The molecule has 0 spiro atoms. The van der Waals surface area contributed by atoms with Gasteiger partial charge in [0.15, 0.2) is 9.84 Å². The number of nitrogens with zero attached hydrogens (tertiary/aromatic N) is 2. The van der Waals surface area contributed by atoms with E-state index >= 15 is 0 Å². The molecule has 2 N–H and O–H groups in total. The molecule has 1 heterocycles. The molecule has 0 bridgehead atoms. The van der Waals surface area contributed by atoms with Crippen molar-refractivity contribution in [3.63, 3.8) is 0 Å². The topological polar surface area (TPSA) is 146 Å². The van der Waals surface area contributed by atoms with Gasteiger partial charge in [-0.2, -0.15) is 5.26 Å². The van der Waals surface area contributed by atoms with Gasteiger partial charge in [-0.3, -0.25) is 9.59 Å². The molecule has 1 aliphatic rings. The van der Waals surface area contributed by atoms with Crippen LogP contribution in [-0.2, 0) is 24.2 Å². The molecule has 30 heavy (non-hydrogen) atoms. The Kier molecular flexibility index (Phi) is 6.42. The van der Waals surface area contributed by atoms with Crippen LogP contribution in [0.3, 0.4) is 0 Å². The van der Waals surface area contributed by atoms with Crippen LogP contribution in [0.15, 0.2) is 18.2 Å². The van der Waals surface area contributed by atoms with Gasteiger partial charge in [0.25, 0.3) is 0 Å². The maximum Gasteiger partial charge on any atom is 0.408 e. The molecule has 1 aliphatic heterocycles. The van der Waals surface area contributed by atoms with Gasteiger partial charge in [0.05, 0.1) is 29.0 Å². The maximum atomic E-state index is 12.9. The van der Waals surface area contributed by atoms with Crippen molar-refractivity contribution in [2.45, 2.75) is 45.4 Å². The fourth-order valence-corrected chi connectivity index (χ4v) is 3.58. The number of hydrogen-bond donors (Lipinski definition) is 2. The molecule has 0 saturated heterocycles. The lowest BCUT2D eigenvalue weighted by atomic mass is 10.1. The number of hydrogen-bond acceptors (Lipinski definition) is 7. The first-order valence-electron chi connectivity index (χ1n) is 9.06. The Morgan fingerprint density at radius 2 is 1.97 bits per heavy atom. The fourth-order valence-electron chi connectivity index (χ4n) is 2.99. The molecule has 2 atom stereocenters. The average molecular weight is 436 g/mol. The molecule has 3 amide bonds. The zero-order chi connectivity index (χ0) is 22.9. The first kappa shape index (κ1) is 23.2. The summed E-state index contributed by atoms with van der Waals surface area (Å²) in [6, 6.07) is 4.02. The van der Waals surface area contributed by atoms with Gasteiger partial charge < -0.3 is 20.3 Å². The average Bonchev–Trinajstić information content (AvgIpc) is 2.66. The van der Waals surface area contributed by atoms with E-state index in [0.29, 0.717) is 0 Å². The van der Waals surface area contributed by atoms with E-state index in [1.54, 1.807) is 20.8 Å². The van der Waals surface area contributed by atoms with Crippen molar-refractivity contribution in [1.29, 1.82) is 5.26 Å². The van der Waals surface area contributed by atoms with Crippen LogP contribution in [0.1, 0.15) is 33.3 Å². The molecular formula is C19H24N4O6S. The summed E-state index contributed by atoms with van der Waals surface area (Å²) in [5.41, 5.74) is -0.209. The number of nitrogens with one attached hydrogen (secondary N) is 2. The predicted octanol–water partition coefficient (Wildman–Crippen LogP) is 1.17. The standard InChI is InChI=1S/C19H24N4O6S/c1-11-16(22-18(26)29-19(2,3)4)17(25)21-13-8-12(9-20)6-7-14(13)23(11)15(24)10-30(5,27)28/h6-8,11,16H,10H2,1-5H3,(H,21,25)(H,22,26)/t11-,16-/m0/s1. The molecule has 2 rings (SSSR count). The Labute approximate surface area is 175 Å². The van der Waals surface area contributed by atoms with Gasteiger partial charge in [-0.05, 0) is 45.9 Å². The summed E-state index contributed by atoms with van der Waals surface area (Å²) in [4.78, 5) is 39.1. The smallest absolute Gasteiger partial charge is 0.408 e. The van der Waals surface area contributed by atoms with Gasteiger partial charge in [0.2, 0.25) is 11.8 Å². The number of sulfone groups is 1. The molecule has 0 saturated carbocycles. The van der Waals surface area contributed by atoms with E-state index in [2.05, 4.69) is 10.6 Å². The minimum absolute atomic E-state index is 0.154. The van der Waals surface area contributed by atoms with Crippen molar-refractivity contribution >= 4 is 39.1 Å². The highest BCUT2D eigenvalue weighted by molar-refractivity contribution is 7.91. The van der Waals surface area contributed by atoms with E-state index in [1.807, 2.05) is 6.07 Å². The van der Waals surface area contributed by atoms with Crippen molar-refractivity contribution in [2.24, 2.45) is 0 Å². The van der Waals surface area contributed by atoms with Gasteiger partial charge >= 0.3 is 6.09 Å². The van der Waals surface area contributed by atoms with E-state index in [4.69, 9.17) is 10.00 Å². The molecule has 11 heteroatoms. The Hall–Kier alpha value is -3.13. The van der Waals surface area contributed by atoms with E-state index in [0.717, 1.165) is 11.2 Å². The van der Waals surface area contributed by atoms with Crippen LogP contribution >= 0.6 is 0 Å². The van der Waals surface area contributed by atoms with E-state index in [1.165, 1.54) is 25.1 Å². The third-order valence-corrected chi connectivity index (χ3v) is 4.91. The molecular weight excluding hydrogens is 412 g/mol. The lowest BCUT2D eigenvalue weighted by Crippen LogP contribution is -2.57. The Bertz CT molecular complexity index is 1020. The number of ether oxygens (including phenoxy) is 1. The Morgan fingerprint density at radius 3 is 2.50 bits per heavy atom. The van der Waals surface area contributed by atoms with Crippen LogP contribution in [0.25, 0.3) is 0 Å². The zero-order valence-corrected chi connectivity index (χ0v) is 18.2. The van der Waals surface area contributed by atoms with Crippen molar-refractivity contribution in [1.82, 2.24) is 5.32 Å². The van der Waals surface area contributed by atoms with Crippen LogP contribution in [-0.4, -0.2) is 56.0 Å². The Morgan fingerprint density at radius 1 is 1.33 bits per heavy atom. The molecule has 1 aromatic carbocycles. The number of nitriles is 1. The minimum atomic E-state index is -3.66. The number of carbonyl (C=O) groups excluding carboxylic acids is 3. The summed E-state index contributed by atoms with van der Waals surface area (Å²) in [5, 5.41) is 14.2. The number of benzene rings is 1. The largest absolute Gasteiger partial charge is 0.444 e. The maximum absolute atomic E-state index is 12.9. The van der Waals surface area contributed by atoms with Gasteiger partial charge in [-0.1, -0.05) is 0 Å². The quantitative estimate of drug-likeness (QED) is 0.723. The summed E-state index contributed by atoms with van der Waals surface area (Å²) >= 11 is 0. The monoisotopic (exact) mass is 436 g/mol. The first-order valence-corrected chi connectivity index (χ1v) is 11.1. The highest BCUT2D eigenvalue weighted by Gasteiger charge is 2.39. The summed E-state index contributed by atoms with van der Waals surface area (Å²) in [6.07, 6.45) is 0.0566. The third-order valence-electron chi connectivity index (χ3n) is 4.14. The molecule has 0 unspecified atom stereocenters. The van der Waals surface area contributed by atoms with E-state index in [9.17, 15) is 22.8 Å². The number of amides is 3. The summed E-state index contributed by atoms with van der Waals surface area (Å²) < 4.78 is 28.6. The summed E-state index contributed by atoms with van der Waals surface area (Å²) in [7, 11) is -3.66. The molecule has 0 aliphatic carbocycles. The van der Waals surface area contributed by atoms with Crippen LogP contribution in [0.2, 0.25) is 0 Å². The molecule has 0 radical (unpaired) electrons. The summed E-state index contributed by atoms with van der Waals surface area (Å²) in [5.74, 6) is -2.20. The zero-order valence-electron chi connectivity index (χ0n) is 17.3. The fraction of sp³-hybridized carbons (Fsp3) is 0.474. The number of carbonyl (C=O) groups is 3. The molecule has 10 nitrogen and oxygen atoms in total. The van der Waals surface area contributed by atoms with Gasteiger partial charge in [-0.25, -0.2) is 13.2 Å². The normalized spacial score (nSPS) is 19.1. The predicted molar refractivity (Wildman–Crippen MR) is 110 cm³/mol. The first-order chi connectivity index (χ1) is 13.7. The third kappa shape index (κ3) is 5.70. The van der Waals surface area contributed by atoms with Crippen LogP contribution in [0, 0.1) is 11.3 Å². The van der Waals surface area contributed by atoms with Crippen molar-refractivity contribution in [3.05, 3.63) is 23.8 Å². The van der Waals surface area contributed by atoms with Crippen LogP contribution < -0.4 is 15.5 Å². The SMILES string of the molecule is C[C@H]1[C@H](NC(=O)OC(C)(C)C)C(=O)Nc2cc(C#N)ccc2N1C(=O)CS(C)(=O)=O. The van der Waals surface area contributed by atoms with Crippen molar-refractivity contribution in [2.75, 3.05) is 22.2 Å². The van der Waals surface area contributed by atoms with Gasteiger partial charge in [-0.15, -0.1) is 0 Å². The Balaban J connectivity index is 2.50. The lowest BCUT2D eigenvalue weighted by Gasteiger charge is -2.32. The second-order valence-electron chi connectivity index (χ2n) is 8.03. The highest BCUT2D eigenvalue weighted by Crippen LogP contribution is 2.33. The second kappa shape index (κ2) is 8.31. The molecule has 0 fully saturated rings. The van der Waals surface area contributed by atoms with Crippen LogP contribution in [0.5, 0.6) is 0 Å². The number of fused-ring (bicyclic) bond motifs is 1. The minimum Gasteiger partial charge on any atom is -0.444 e. The van der Waals surface area contributed by atoms with Crippen LogP contribution in [0.4, 0.5) is 16.2 Å². The number of rotatable bonds is 3. The second-order valence-corrected chi connectivity index (χ2v) is 10.2. The van der Waals surface area contributed by atoms with Gasteiger partial charge in [0, 0.05) is 6.26 Å². The molecule has 162 valence electrons. The van der Waals surface area contributed by atoms with E-state index < -0.39 is 51.2 Å². The van der Waals surface area contributed by atoms with Crippen molar-refractivity contribution < 1.29 is 27.5 Å². The van der Waals surface area contributed by atoms with E-state index in [-0.39, 0.29) is 16.9 Å². The van der Waals surface area contributed by atoms with Gasteiger partial charge in [0.1, 0.15) is 17.4 Å². The molecule has 0 aromatic heterocycles. The number of anilines is 2. The molecule has 1 aromatic rings. The highest BCUT2D eigenvalue weighted by atomic mass is 32.2. The van der Waals surface area contributed by atoms with Crippen molar-refractivity contribution in [3.8, 4) is 6.07 Å². The lowest BCUT2D eigenvalue weighted by molar-refractivity contribution is -0.119.